The molecule has 0 aliphatic heterocycles. The number of carbonyl (C=O) groups excluding carboxylic acids is 1. The molecule has 110 valence electrons. The van der Waals surface area contributed by atoms with E-state index in [0.29, 0.717) is 17.1 Å². The number of halogens is 1. The van der Waals surface area contributed by atoms with Gasteiger partial charge in [-0.15, -0.1) is 0 Å². The molecule has 0 aromatic heterocycles. The second-order valence-electron chi connectivity index (χ2n) is 5.12. The Morgan fingerprint density at radius 1 is 1.10 bits per heavy atom. The molecule has 0 atom stereocenters. The molecule has 0 aliphatic rings. The fourth-order valence-electron chi connectivity index (χ4n) is 2.00. The van der Waals surface area contributed by atoms with Crippen molar-refractivity contribution in [2.45, 2.75) is 0 Å². The minimum absolute atomic E-state index is 0.139. The average Bonchev–Trinajstić information content (AvgIpc) is 2.48. The number of amides is 1. The van der Waals surface area contributed by atoms with Gasteiger partial charge in [0.1, 0.15) is 0 Å². The number of nitrogens with zero attached hydrogens (tertiary/aromatic N) is 1. The summed E-state index contributed by atoms with van der Waals surface area (Å²) in [5.41, 5.74) is 2.56. The van der Waals surface area contributed by atoms with Crippen LogP contribution in [0.3, 0.4) is 0 Å². The Bertz CT molecular complexity index is 611. The lowest BCUT2D eigenvalue weighted by Gasteiger charge is -2.12. The van der Waals surface area contributed by atoms with Crippen molar-refractivity contribution in [2.75, 3.05) is 27.2 Å². The molecule has 21 heavy (non-hydrogen) atoms. The van der Waals surface area contributed by atoms with Crippen molar-refractivity contribution in [2.24, 2.45) is 0 Å². The summed E-state index contributed by atoms with van der Waals surface area (Å²) in [6, 6.07) is 15.5. The molecule has 0 unspecified atom stereocenters. The van der Waals surface area contributed by atoms with E-state index in [1.54, 1.807) is 6.07 Å². The molecule has 2 rings (SSSR count). The van der Waals surface area contributed by atoms with Gasteiger partial charge in [-0.2, -0.15) is 0 Å². The van der Waals surface area contributed by atoms with Crippen molar-refractivity contribution in [3.05, 3.63) is 59.1 Å². The summed E-state index contributed by atoms with van der Waals surface area (Å²) in [4.78, 5) is 14.2. The molecular weight excluding hydrogens is 284 g/mol. The Morgan fingerprint density at radius 3 is 2.48 bits per heavy atom. The van der Waals surface area contributed by atoms with Gasteiger partial charge < -0.3 is 10.2 Å². The fraction of sp³-hybridized carbons (Fsp3) is 0.235. The molecule has 0 spiro atoms. The van der Waals surface area contributed by atoms with E-state index < -0.39 is 0 Å². The average molecular weight is 303 g/mol. The zero-order valence-corrected chi connectivity index (χ0v) is 13.0. The molecule has 0 heterocycles. The van der Waals surface area contributed by atoms with Crippen LogP contribution < -0.4 is 5.32 Å². The predicted molar refractivity (Wildman–Crippen MR) is 87.8 cm³/mol. The molecule has 1 amide bonds. The Labute approximate surface area is 130 Å². The molecule has 3 nitrogen and oxygen atoms in total. The maximum atomic E-state index is 12.2. The maximum Gasteiger partial charge on any atom is 0.252 e. The zero-order chi connectivity index (χ0) is 15.2. The second-order valence-corrected chi connectivity index (χ2v) is 5.53. The Balaban J connectivity index is 2.18. The van der Waals surface area contributed by atoms with Crippen LogP contribution in [0.2, 0.25) is 5.02 Å². The molecule has 0 fully saturated rings. The number of benzene rings is 2. The molecule has 1 N–H and O–H groups in total. The summed E-state index contributed by atoms with van der Waals surface area (Å²) in [5, 5.41) is 3.35. The number of hydrogen-bond donors (Lipinski definition) is 1. The number of nitrogens with one attached hydrogen (secondary N) is 1. The first-order chi connectivity index (χ1) is 10.1. The summed E-state index contributed by atoms with van der Waals surface area (Å²) in [6.45, 7) is 1.39. The van der Waals surface area contributed by atoms with E-state index in [1.807, 2.05) is 61.5 Å². The van der Waals surface area contributed by atoms with Gasteiger partial charge in [-0.25, -0.2) is 0 Å². The van der Waals surface area contributed by atoms with E-state index >= 15 is 0 Å². The molecule has 0 saturated heterocycles. The van der Waals surface area contributed by atoms with Crippen LogP contribution in [0.1, 0.15) is 10.4 Å². The first-order valence-corrected chi connectivity index (χ1v) is 7.23. The van der Waals surface area contributed by atoms with Crippen LogP contribution in [0.4, 0.5) is 0 Å². The first kappa shape index (κ1) is 15.5. The summed E-state index contributed by atoms with van der Waals surface area (Å²) < 4.78 is 0. The predicted octanol–water partition coefficient (Wildman–Crippen LogP) is 3.30. The lowest BCUT2D eigenvalue weighted by molar-refractivity contribution is 0.0951. The molecule has 0 saturated carbocycles. The van der Waals surface area contributed by atoms with E-state index in [2.05, 4.69) is 5.32 Å². The highest BCUT2D eigenvalue weighted by atomic mass is 35.5. The number of carbonyl (C=O) groups is 1. The van der Waals surface area contributed by atoms with Gasteiger partial charge >= 0.3 is 0 Å². The lowest BCUT2D eigenvalue weighted by Crippen LogP contribution is -2.31. The van der Waals surface area contributed by atoms with Gasteiger partial charge in [-0.3, -0.25) is 4.79 Å². The van der Waals surface area contributed by atoms with Crippen molar-refractivity contribution in [1.29, 1.82) is 0 Å². The normalized spacial score (nSPS) is 10.7. The molecule has 0 aliphatic carbocycles. The third-order valence-electron chi connectivity index (χ3n) is 3.16. The maximum absolute atomic E-state index is 12.2. The SMILES string of the molecule is CN(C)CCNC(=O)c1cc(-c2ccccc2)ccc1Cl. The molecule has 0 radical (unpaired) electrons. The smallest absolute Gasteiger partial charge is 0.252 e. The van der Waals surface area contributed by atoms with Gasteiger partial charge in [0.15, 0.2) is 0 Å². The van der Waals surface area contributed by atoms with E-state index in [-0.39, 0.29) is 5.91 Å². The van der Waals surface area contributed by atoms with Crippen LogP contribution >= 0.6 is 11.6 Å². The van der Waals surface area contributed by atoms with Crippen LogP contribution in [-0.4, -0.2) is 38.0 Å². The second kappa shape index (κ2) is 7.25. The number of hydrogen-bond acceptors (Lipinski definition) is 2. The van der Waals surface area contributed by atoms with Crippen molar-refractivity contribution >= 4 is 17.5 Å². The molecule has 2 aromatic carbocycles. The quantitative estimate of drug-likeness (QED) is 0.919. The van der Waals surface area contributed by atoms with Gasteiger partial charge in [0.25, 0.3) is 5.91 Å². The highest BCUT2D eigenvalue weighted by molar-refractivity contribution is 6.34. The monoisotopic (exact) mass is 302 g/mol. The topological polar surface area (TPSA) is 32.3 Å². The fourth-order valence-corrected chi connectivity index (χ4v) is 2.20. The highest BCUT2D eigenvalue weighted by Crippen LogP contribution is 2.25. The van der Waals surface area contributed by atoms with E-state index in [1.165, 1.54) is 0 Å². The zero-order valence-electron chi connectivity index (χ0n) is 12.3. The summed E-state index contributed by atoms with van der Waals surface area (Å²) in [6.07, 6.45) is 0. The summed E-state index contributed by atoms with van der Waals surface area (Å²) >= 11 is 6.15. The van der Waals surface area contributed by atoms with Crippen LogP contribution in [0.5, 0.6) is 0 Å². The molecule has 0 bridgehead atoms. The van der Waals surface area contributed by atoms with Gasteiger partial charge in [0.05, 0.1) is 10.6 Å². The molecule has 2 aromatic rings. The minimum atomic E-state index is -0.139. The van der Waals surface area contributed by atoms with E-state index in [0.717, 1.165) is 17.7 Å². The third kappa shape index (κ3) is 4.31. The Kier molecular flexibility index (Phi) is 5.37. The van der Waals surface area contributed by atoms with Gasteiger partial charge in [0.2, 0.25) is 0 Å². The number of rotatable bonds is 5. The summed E-state index contributed by atoms with van der Waals surface area (Å²) in [5.74, 6) is -0.139. The molecular formula is C17H19ClN2O. The minimum Gasteiger partial charge on any atom is -0.351 e. The van der Waals surface area contributed by atoms with Crippen LogP contribution in [0.25, 0.3) is 11.1 Å². The third-order valence-corrected chi connectivity index (χ3v) is 3.49. The Hall–Kier alpha value is -1.84. The Morgan fingerprint density at radius 2 is 1.81 bits per heavy atom. The largest absolute Gasteiger partial charge is 0.351 e. The van der Waals surface area contributed by atoms with Crippen LogP contribution in [-0.2, 0) is 0 Å². The van der Waals surface area contributed by atoms with Crippen molar-refractivity contribution in [3.8, 4) is 11.1 Å². The van der Waals surface area contributed by atoms with Gasteiger partial charge in [-0.05, 0) is 37.4 Å². The standard InChI is InChI=1S/C17H19ClN2O/c1-20(2)11-10-19-17(21)15-12-14(8-9-16(15)18)13-6-4-3-5-7-13/h3-9,12H,10-11H2,1-2H3,(H,19,21). The van der Waals surface area contributed by atoms with Gasteiger partial charge in [0, 0.05) is 13.1 Å². The van der Waals surface area contributed by atoms with Crippen LogP contribution in [0.15, 0.2) is 48.5 Å². The van der Waals surface area contributed by atoms with Crippen LogP contribution in [0, 0.1) is 0 Å². The van der Waals surface area contributed by atoms with E-state index in [9.17, 15) is 4.79 Å². The van der Waals surface area contributed by atoms with Gasteiger partial charge in [-0.1, -0.05) is 48.0 Å². The molecule has 4 heteroatoms. The summed E-state index contributed by atoms with van der Waals surface area (Å²) in [7, 11) is 3.93. The highest BCUT2D eigenvalue weighted by Gasteiger charge is 2.11. The van der Waals surface area contributed by atoms with E-state index in [4.69, 9.17) is 11.6 Å². The van der Waals surface area contributed by atoms with Crippen molar-refractivity contribution < 1.29 is 4.79 Å². The number of likely N-dealkylation sites (N-methyl/N-ethyl adjacent to an activating group) is 1. The van der Waals surface area contributed by atoms with Crippen molar-refractivity contribution in [3.63, 3.8) is 0 Å². The first-order valence-electron chi connectivity index (χ1n) is 6.86. The lowest BCUT2D eigenvalue weighted by atomic mass is 10.0. The van der Waals surface area contributed by atoms with Crippen molar-refractivity contribution in [1.82, 2.24) is 10.2 Å².